The summed E-state index contributed by atoms with van der Waals surface area (Å²) in [7, 11) is 0. The van der Waals surface area contributed by atoms with Gasteiger partial charge < -0.3 is 5.32 Å². The van der Waals surface area contributed by atoms with Crippen LogP contribution in [0.3, 0.4) is 0 Å². The van der Waals surface area contributed by atoms with Gasteiger partial charge in [0.1, 0.15) is 5.54 Å². The maximum absolute atomic E-state index is 12.9. The molecule has 29 heavy (non-hydrogen) atoms. The van der Waals surface area contributed by atoms with Gasteiger partial charge in [0.15, 0.2) is 0 Å². The van der Waals surface area contributed by atoms with Crippen LogP contribution < -0.4 is 10.7 Å². The third kappa shape index (κ3) is 4.90. The lowest BCUT2D eigenvalue weighted by Gasteiger charge is -2.33. The Labute approximate surface area is 176 Å². The van der Waals surface area contributed by atoms with Crippen LogP contribution in [-0.4, -0.2) is 45.9 Å². The number of urea groups is 1. The Bertz CT molecular complexity index is 790. The van der Waals surface area contributed by atoms with Crippen molar-refractivity contribution in [2.75, 3.05) is 6.54 Å². The summed E-state index contributed by atoms with van der Waals surface area (Å²) >= 11 is 6.05. The molecule has 1 aromatic carbocycles. The highest BCUT2D eigenvalue weighted by molar-refractivity contribution is 6.30. The number of benzene rings is 1. The average Bonchev–Trinajstić information content (AvgIpc) is 2.88. The van der Waals surface area contributed by atoms with E-state index >= 15 is 0 Å². The van der Waals surface area contributed by atoms with Crippen molar-refractivity contribution in [2.24, 2.45) is 5.92 Å². The molecule has 1 aliphatic carbocycles. The van der Waals surface area contributed by atoms with Crippen LogP contribution in [0.15, 0.2) is 24.3 Å². The predicted octanol–water partition coefficient (Wildman–Crippen LogP) is 3.08. The van der Waals surface area contributed by atoms with Crippen molar-refractivity contribution < 1.29 is 14.4 Å². The molecule has 1 aliphatic heterocycles. The fraction of sp³-hybridized carbons (Fsp3) is 0.571. The minimum atomic E-state index is -0.866. The smallest absolute Gasteiger partial charge is 0.322 e. The predicted molar refractivity (Wildman–Crippen MR) is 111 cm³/mol. The molecule has 0 radical (unpaired) electrons. The Morgan fingerprint density at radius 2 is 2.03 bits per heavy atom. The van der Waals surface area contributed by atoms with E-state index in [-0.39, 0.29) is 18.5 Å². The number of halogens is 1. The van der Waals surface area contributed by atoms with E-state index in [0.29, 0.717) is 30.3 Å². The first-order chi connectivity index (χ1) is 13.7. The van der Waals surface area contributed by atoms with Crippen molar-refractivity contribution >= 4 is 29.4 Å². The second kappa shape index (κ2) is 8.71. The van der Waals surface area contributed by atoms with Gasteiger partial charge in [-0.1, -0.05) is 30.7 Å². The summed E-state index contributed by atoms with van der Waals surface area (Å²) in [4.78, 5) is 39.8. The van der Waals surface area contributed by atoms with E-state index in [0.717, 1.165) is 23.4 Å². The molecule has 1 aromatic rings. The van der Waals surface area contributed by atoms with Crippen molar-refractivity contribution in [2.45, 2.75) is 64.6 Å². The summed E-state index contributed by atoms with van der Waals surface area (Å²) in [6.07, 6.45) is 2.99. The molecule has 7 nitrogen and oxygen atoms in total. The minimum Gasteiger partial charge on any atom is -0.322 e. The largest absolute Gasteiger partial charge is 0.344 e. The highest BCUT2D eigenvalue weighted by atomic mass is 35.5. The van der Waals surface area contributed by atoms with E-state index in [1.807, 2.05) is 36.9 Å². The van der Waals surface area contributed by atoms with Gasteiger partial charge in [0, 0.05) is 17.6 Å². The first-order valence-electron chi connectivity index (χ1n) is 10.1. The lowest BCUT2D eigenvalue weighted by Crippen LogP contribution is -2.53. The number of nitrogens with zero attached hydrogens (tertiary/aromatic N) is 2. The molecule has 2 aliphatic rings. The van der Waals surface area contributed by atoms with E-state index < -0.39 is 17.5 Å². The number of nitrogens with one attached hydrogen (secondary N) is 2. The van der Waals surface area contributed by atoms with Crippen LogP contribution in [0.2, 0.25) is 5.02 Å². The Balaban J connectivity index is 1.62. The normalized spacial score (nSPS) is 24.5. The quantitative estimate of drug-likeness (QED) is 0.693. The van der Waals surface area contributed by atoms with E-state index in [9.17, 15) is 14.4 Å². The van der Waals surface area contributed by atoms with Crippen LogP contribution >= 0.6 is 11.6 Å². The third-order valence-electron chi connectivity index (χ3n) is 5.88. The lowest BCUT2D eigenvalue weighted by atomic mass is 9.77. The molecular formula is C21H29ClN4O3. The Kier molecular flexibility index (Phi) is 6.49. The molecule has 0 atom stereocenters. The molecule has 4 amide bonds. The number of hydrazine groups is 1. The number of rotatable bonds is 6. The molecule has 0 aromatic heterocycles. The van der Waals surface area contributed by atoms with Crippen LogP contribution in [0.25, 0.3) is 0 Å². The van der Waals surface area contributed by atoms with Gasteiger partial charge in [-0.3, -0.25) is 19.9 Å². The molecule has 2 fully saturated rings. The van der Waals surface area contributed by atoms with Crippen molar-refractivity contribution in [3.05, 3.63) is 34.9 Å². The second-order valence-corrected chi connectivity index (χ2v) is 8.94. The standard InChI is InChI=1S/C21H29ClN4O3/c1-14(2)25(12-16-5-4-6-17(22)11-16)13-18(27)24-26-19(28)21(23-20(26)29)9-7-15(3)8-10-21/h4-6,11,14-15H,7-10,12-13H2,1-3H3,(H,23,29)(H,24,27). The van der Waals surface area contributed by atoms with Gasteiger partial charge in [0.2, 0.25) is 0 Å². The van der Waals surface area contributed by atoms with Crippen LogP contribution in [0.5, 0.6) is 0 Å². The van der Waals surface area contributed by atoms with Crippen molar-refractivity contribution in [3.63, 3.8) is 0 Å². The van der Waals surface area contributed by atoms with Crippen molar-refractivity contribution in [3.8, 4) is 0 Å². The van der Waals surface area contributed by atoms with Crippen molar-refractivity contribution in [1.82, 2.24) is 20.7 Å². The molecule has 2 N–H and O–H groups in total. The van der Waals surface area contributed by atoms with E-state index in [1.54, 1.807) is 6.07 Å². The number of carbonyl (C=O) groups is 3. The molecular weight excluding hydrogens is 392 g/mol. The summed E-state index contributed by atoms with van der Waals surface area (Å²) in [6, 6.07) is 7.02. The molecule has 3 rings (SSSR count). The topological polar surface area (TPSA) is 81.8 Å². The van der Waals surface area contributed by atoms with Gasteiger partial charge in [-0.05, 0) is 63.1 Å². The molecule has 158 valence electrons. The lowest BCUT2D eigenvalue weighted by molar-refractivity contribution is -0.140. The Morgan fingerprint density at radius 1 is 1.34 bits per heavy atom. The first kappa shape index (κ1) is 21.6. The number of imide groups is 1. The average molecular weight is 421 g/mol. The van der Waals surface area contributed by atoms with Crippen LogP contribution in [0.4, 0.5) is 4.79 Å². The molecule has 0 unspecified atom stereocenters. The van der Waals surface area contributed by atoms with Gasteiger partial charge in [0.25, 0.3) is 11.8 Å². The summed E-state index contributed by atoms with van der Waals surface area (Å²) in [5.41, 5.74) is 2.63. The van der Waals surface area contributed by atoms with Gasteiger partial charge in [0.05, 0.1) is 6.54 Å². The van der Waals surface area contributed by atoms with Gasteiger partial charge in [-0.2, -0.15) is 5.01 Å². The maximum Gasteiger partial charge on any atom is 0.344 e. The molecule has 1 saturated carbocycles. The Hall–Kier alpha value is -2.12. The van der Waals surface area contributed by atoms with Crippen LogP contribution in [0, 0.1) is 5.92 Å². The number of hydrogen-bond donors (Lipinski definition) is 2. The molecule has 1 spiro atoms. The third-order valence-corrected chi connectivity index (χ3v) is 6.11. The fourth-order valence-electron chi connectivity index (χ4n) is 3.95. The highest BCUT2D eigenvalue weighted by Crippen LogP contribution is 2.35. The number of amides is 4. The zero-order valence-electron chi connectivity index (χ0n) is 17.2. The minimum absolute atomic E-state index is 0.0608. The summed E-state index contributed by atoms with van der Waals surface area (Å²) < 4.78 is 0. The molecule has 1 heterocycles. The molecule has 0 bridgehead atoms. The molecule has 1 saturated heterocycles. The summed E-state index contributed by atoms with van der Waals surface area (Å²) in [6.45, 7) is 6.72. The van der Waals surface area contributed by atoms with E-state index in [2.05, 4.69) is 17.7 Å². The van der Waals surface area contributed by atoms with Gasteiger partial charge in [-0.25, -0.2) is 4.79 Å². The fourth-order valence-corrected chi connectivity index (χ4v) is 4.16. The van der Waals surface area contributed by atoms with E-state index in [1.165, 1.54) is 0 Å². The van der Waals surface area contributed by atoms with Gasteiger partial charge >= 0.3 is 6.03 Å². The second-order valence-electron chi connectivity index (χ2n) is 8.50. The Morgan fingerprint density at radius 3 is 2.66 bits per heavy atom. The van der Waals surface area contributed by atoms with Crippen LogP contribution in [0.1, 0.15) is 52.0 Å². The maximum atomic E-state index is 12.9. The number of hydrogen-bond acceptors (Lipinski definition) is 4. The zero-order chi connectivity index (χ0) is 21.2. The first-order valence-corrected chi connectivity index (χ1v) is 10.5. The highest BCUT2D eigenvalue weighted by Gasteiger charge is 2.52. The van der Waals surface area contributed by atoms with Crippen molar-refractivity contribution in [1.29, 1.82) is 0 Å². The SMILES string of the molecule is CC1CCC2(CC1)NC(=O)N(NC(=O)CN(Cc1cccc(Cl)c1)C(C)C)C2=O. The van der Waals surface area contributed by atoms with Gasteiger partial charge in [-0.15, -0.1) is 0 Å². The number of carbonyl (C=O) groups excluding carboxylic acids is 3. The monoisotopic (exact) mass is 420 g/mol. The summed E-state index contributed by atoms with van der Waals surface area (Å²) in [5, 5.41) is 4.31. The zero-order valence-corrected chi connectivity index (χ0v) is 18.0. The van der Waals surface area contributed by atoms with Crippen LogP contribution in [-0.2, 0) is 16.1 Å². The summed E-state index contributed by atoms with van der Waals surface area (Å²) in [5.74, 6) is -0.209. The van der Waals surface area contributed by atoms with E-state index in [4.69, 9.17) is 11.6 Å². The molecule has 8 heteroatoms.